The molecule has 0 bridgehead atoms. The van der Waals surface area contributed by atoms with Crippen LogP contribution >= 0.6 is 0 Å². The van der Waals surface area contributed by atoms with Crippen molar-refractivity contribution in [3.63, 3.8) is 0 Å². The number of nitrogen functional groups attached to an aromatic ring is 2. The summed E-state index contributed by atoms with van der Waals surface area (Å²) < 4.78 is 70.1. The van der Waals surface area contributed by atoms with Gasteiger partial charge in [0.2, 0.25) is 0 Å². The van der Waals surface area contributed by atoms with Crippen molar-refractivity contribution in [2.75, 3.05) is 11.5 Å². The first-order valence-electron chi connectivity index (χ1n) is 6.82. The summed E-state index contributed by atoms with van der Waals surface area (Å²) in [6.45, 7) is 3.45. The fraction of sp³-hybridized carbons (Fsp3) is 0.250. The number of benzene rings is 2. The van der Waals surface area contributed by atoms with Crippen molar-refractivity contribution >= 4 is 11.4 Å². The summed E-state index contributed by atoms with van der Waals surface area (Å²) in [5, 5.41) is 0. The van der Waals surface area contributed by atoms with Gasteiger partial charge >= 0.3 is 12.1 Å². The molecule has 2 rings (SSSR count). The molecule has 4 N–H and O–H groups in total. The molecule has 2 aromatic rings. The van der Waals surface area contributed by atoms with Crippen LogP contribution in [0.25, 0.3) is 0 Å². The molecule has 3 nitrogen and oxygen atoms in total. The van der Waals surface area contributed by atoms with Gasteiger partial charge in [0.1, 0.15) is 11.5 Å². The van der Waals surface area contributed by atoms with Crippen molar-refractivity contribution in [2.45, 2.75) is 25.9 Å². The lowest BCUT2D eigenvalue weighted by Crippen LogP contribution is -2.34. The number of nitrogens with two attached hydrogens (primary N) is 2. The predicted octanol–water partition coefficient (Wildman–Crippen LogP) is 4.91. The molecule has 0 aliphatic carbocycles. The third-order valence-corrected chi connectivity index (χ3v) is 3.52. The average molecular weight is 346 g/mol. The highest BCUT2D eigenvalue weighted by atomic mass is 19.4. The second-order valence-electron chi connectivity index (χ2n) is 5.39. The van der Waals surface area contributed by atoms with Gasteiger partial charge in [0.05, 0.1) is 5.56 Å². The van der Waals surface area contributed by atoms with E-state index in [0.29, 0.717) is 22.9 Å². The van der Waals surface area contributed by atoms with E-state index in [1.54, 1.807) is 26.0 Å². The van der Waals surface area contributed by atoms with Gasteiger partial charge in [-0.25, -0.2) is 0 Å². The monoisotopic (exact) mass is 346 g/mol. The zero-order valence-electron chi connectivity index (χ0n) is 12.8. The van der Waals surface area contributed by atoms with Crippen LogP contribution in [-0.4, -0.2) is 6.18 Å². The van der Waals surface area contributed by atoms with E-state index in [1.165, 1.54) is 6.07 Å². The minimum atomic E-state index is -5.76. The van der Waals surface area contributed by atoms with Gasteiger partial charge in [0.25, 0.3) is 0 Å². The molecule has 0 amide bonds. The molecule has 8 heteroatoms. The lowest BCUT2D eigenvalue weighted by Gasteiger charge is -2.22. The second-order valence-corrected chi connectivity index (χ2v) is 5.39. The largest absolute Gasteiger partial charge is 0.458 e. The molecule has 130 valence electrons. The molecule has 24 heavy (non-hydrogen) atoms. The summed E-state index contributed by atoms with van der Waals surface area (Å²) >= 11 is 0. The van der Waals surface area contributed by atoms with Crippen LogP contribution in [0.5, 0.6) is 11.5 Å². The van der Waals surface area contributed by atoms with E-state index in [-0.39, 0.29) is 11.5 Å². The van der Waals surface area contributed by atoms with Crippen LogP contribution in [0.3, 0.4) is 0 Å². The van der Waals surface area contributed by atoms with Gasteiger partial charge in [-0.2, -0.15) is 22.0 Å². The quantitative estimate of drug-likeness (QED) is 0.613. The Morgan fingerprint density at radius 3 is 1.88 bits per heavy atom. The summed E-state index contributed by atoms with van der Waals surface area (Å²) in [7, 11) is 0. The first kappa shape index (κ1) is 17.8. The van der Waals surface area contributed by atoms with Crippen molar-refractivity contribution in [3.05, 3.63) is 47.0 Å². The Kier molecular flexibility index (Phi) is 4.34. The molecule has 0 radical (unpaired) electrons. The SMILES string of the molecule is Cc1cc(Oc2ccc(N)c(C(F)(F)C(F)(F)F)c2)cc(C)c1N. The third kappa shape index (κ3) is 3.22. The van der Waals surface area contributed by atoms with E-state index in [2.05, 4.69) is 0 Å². The van der Waals surface area contributed by atoms with Crippen LogP contribution in [0.4, 0.5) is 33.3 Å². The number of anilines is 2. The fourth-order valence-corrected chi connectivity index (χ4v) is 2.15. The minimum Gasteiger partial charge on any atom is -0.457 e. The lowest BCUT2D eigenvalue weighted by atomic mass is 10.1. The highest BCUT2D eigenvalue weighted by Gasteiger charge is 2.59. The Morgan fingerprint density at radius 1 is 0.833 bits per heavy atom. The summed E-state index contributed by atoms with van der Waals surface area (Å²) in [5.41, 5.74) is 11.0. The van der Waals surface area contributed by atoms with Gasteiger partial charge in [0.15, 0.2) is 0 Å². The predicted molar refractivity (Wildman–Crippen MR) is 81.2 cm³/mol. The van der Waals surface area contributed by atoms with Crippen LogP contribution in [0.2, 0.25) is 0 Å². The maximum absolute atomic E-state index is 13.5. The summed E-state index contributed by atoms with van der Waals surface area (Å²) in [4.78, 5) is 0. The molecule has 0 aromatic heterocycles. The van der Waals surface area contributed by atoms with Crippen molar-refractivity contribution < 1.29 is 26.7 Å². The highest BCUT2D eigenvalue weighted by molar-refractivity contribution is 5.57. The van der Waals surface area contributed by atoms with E-state index < -0.39 is 23.3 Å². The second kappa shape index (κ2) is 5.85. The Balaban J connectivity index is 2.43. The standard InChI is InChI=1S/C16H15F5N2O/c1-8-5-11(6-9(2)14(8)23)24-10-3-4-13(22)12(7-10)15(17,18)16(19,20)21/h3-7H,22-23H2,1-2H3. The maximum atomic E-state index is 13.5. The molecule has 0 aliphatic rings. The Morgan fingerprint density at radius 2 is 1.38 bits per heavy atom. The summed E-state index contributed by atoms with van der Waals surface area (Å²) in [6, 6.07) is 5.86. The number of hydrogen-bond donors (Lipinski definition) is 2. The van der Waals surface area contributed by atoms with E-state index in [0.717, 1.165) is 6.07 Å². The molecular weight excluding hydrogens is 331 g/mol. The van der Waals surface area contributed by atoms with Crippen LogP contribution < -0.4 is 16.2 Å². The zero-order valence-corrected chi connectivity index (χ0v) is 12.8. The van der Waals surface area contributed by atoms with Crippen molar-refractivity contribution in [2.24, 2.45) is 0 Å². The van der Waals surface area contributed by atoms with Gasteiger partial charge in [-0.1, -0.05) is 0 Å². The van der Waals surface area contributed by atoms with Crippen LogP contribution in [-0.2, 0) is 5.92 Å². The van der Waals surface area contributed by atoms with Crippen LogP contribution in [0, 0.1) is 13.8 Å². The number of alkyl halides is 5. The fourth-order valence-electron chi connectivity index (χ4n) is 2.15. The molecule has 0 saturated carbocycles. The Labute approximate surface area is 135 Å². The molecule has 0 spiro atoms. The maximum Gasteiger partial charge on any atom is 0.458 e. The van der Waals surface area contributed by atoms with Crippen molar-refractivity contribution in [1.82, 2.24) is 0 Å². The van der Waals surface area contributed by atoms with E-state index >= 15 is 0 Å². The number of halogens is 5. The summed E-state index contributed by atoms with van der Waals surface area (Å²) in [6.07, 6.45) is -5.76. The van der Waals surface area contributed by atoms with Crippen LogP contribution in [0.1, 0.15) is 16.7 Å². The number of aryl methyl sites for hydroxylation is 2. The lowest BCUT2D eigenvalue weighted by molar-refractivity contribution is -0.289. The molecule has 0 saturated heterocycles. The van der Waals surface area contributed by atoms with Gasteiger partial charge in [-0.3, -0.25) is 0 Å². The Hall–Kier alpha value is -2.51. The van der Waals surface area contributed by atoms with Gasteiger partial charge in [-0.15, -0.1) is 0 Å². The normalized spacial score (nSPS) is 12.3. The van der Waals surface area contributed by atoms with E-state index in [9.17, 15) is 22.0 Å². The molecule has 0 aliphatic heterocycles. The Bertz CT molecular complexity index is 749. The van der Waals surface area contributed by atoms with Gasteiger partial charge < -0.3 is 16.2 Å². The minimum absolute atomic E-state index is 0.188. The first-order chi connectivity index (χ1) is 10.9. The zero-order chi connectivity index (χ0) is 18.3. The highest BCUT2D eigenvalue weighted by Crippen LogP contribution is 2.47. The molecule has 0 heterocycles. The summed E-state index contributed by atoms with van der Waals surface area (Å²) in [5.74, 6) is -5.00. The first-order valence-corrected chi connectivity index (χ1v) is 6.82. The third-order valence-electron chi connectivity index (χ3n) is 3.52. The van der Waals surface area contributed by atoms with E-state index in [4.69, 9.17) is 16.2 Å². The molecule has 0 unspecified atom stereocenters. The average Bonchev–Trinajstić information content (AvgIpc) is 2.45. The topological polar surface area (TPSA) is 61.3 Å². The molecule has 2 aromatic carbocycles. The number of rotatable bonds is 3. The smallest absolute Gasteiger partial charge is 0.457 e. The van der Waals surface area contributed by atoms with Gasteiger partial charge in [-0.05, 0) is 55.3 Å². The van der Waals surface area contributed by atoms with E-state index in [1.807, 2.05) is 0 Å². The van der Waals surface area contributed by atoms with Gasteiger partial charge in [0, 0.05) is 11.4 Å². The number of ether oxygens (including phenoxy) is 1. The number of hydrogen-bond acceptors (Lipinski definition) is 3. The molecule has 0 fully saturated rings. The van der Waals surface area contributed by atoms with Crippen molar-refractivity contribution in [3.8, 4) is 11.5 Å². The molecular formula is C16H15F5N2O. The van der Waals surface area contributed by atoms with Crippen LogP contribution in [0.15, 0.2) is 30.3 Å². The van der Waals surface area contributed by atoms with Crippen molar-refractivity contribution in [1.29, 1.82) is 0 Å². The molecule has 0 atom stereocenters.